The summed E-state index contributed by atoms with van der Waals surface area (Å²) in [6.45, 7) is 4.04. The van der Waals surface area contributed by atoms with Gasteiger partial charge in [-0.05, 0) is 43.7 Å². The van der Waals surface area contributed by atoms with Crippen LogP contribution in [-0.4, -0.2) is 23.3 Å². The van der Waals surface area contributed by atoms with E-state index in [1.165, 1.54) is 19.3 Å². The first-order valence-corrected chi connectivity index (χ1v) is 8.05. The largest absolute Gasteiger partial charge is 0.468 e. The van der Waals surface area contributed by atoms with Crippen molar-refractivity contribution in [2.45, 2.75) is 58.0 Å². The fourth-order valence-corrected chi connectivity index (χ4v) is 3.42. The van der Waals surface area contributed by atoms with E-state index in [2.05, 4.69) is 11.8 Å². The van der Waals surface area contributed by atoms with E-state index in [1.54, 1.807) is 6.26 Å². The fourth-order valence-electron chi connectivity index (χ4n) is 3.42. The summed E-state index contributed by atoms with van der Waals surface area (Å²) in [6, 6.07) is 4.65. The smallest absolute Gasteiger partial charge is 0.137 e. The lowest BCUT2D eigenvalue weighted by Gasteiger charge is -2.31. The number of hydrogen-bond acceptors (Lipinski definition) is 3. The third-order valence-corrected chi connectivity index (χ3v) is 4.91. The van der Waals surface area contributed by atoms with Gasteiger partial charge < -0.3 is 4.42 Å². The summed E-state index contributed by atoms with van der Waals surface area (Å²) in [6.07, 6.45) is 8.49. The zero-order valence-electron chi connectivity index (χ0n) is 12.4. The molecule has 1 aromatic rings. The van der Waals surface area contributed by atoms with Crippen molar-refractivity contribution in [3.05, 3.63) is 24.2 Å². The van der Waals surface area contributed by atoms with Gasteiger partial charge in [-0.15, -0.1) is 0 Å². The van der Waals surface area contributed by atoms with Crippen LogP contribution in [0, 0.1) is 11.8 Å². The Morgan fingerprint density at radius 1 is 1.35 bits per heavy atom. The highest BCUT2D eigenvalue weighted by Gasteiger charge is 2.35. The number of hydrogen-bond donors (Lipinski definition) is 0. The van der Waals surface area contributed by atoms with Crippen molar-refractivity contribution in [2.75, 3.05) is 6.54 Å². The van der Waals surface area contributed by atoms with Crippen LogP contribution in [0.1, 0.15) is 51.2 Å². The van der Waals surface area contributed by atoms with Crippen molar-refractivity contribution in [1.29, 1.82) is 0 Å². The summed E-state index contributed by atoms with van der Waals surface area (Å²) < 4.78 is 5.47. The van der Waals surface area contributed by atoms with Crippen molar-refractivity contribution in [1.82, 2.24) is 4.90 Å². The van der Waals surface area contributed by atoms with Crippen LogP contribution in [0.4, 0.5) is 0 Å². The van der Waals surface area contributed by atoms with E-state index in [9.17, 15) is 4.79 Å². The fraction of sp³-hybridized carbons (Fsp3) is 0.706. The molecule has 110 valence electrons. The first-order chi connectivity index (χ1) is 9.76. The van der Waals surface area contributed by atoms with Crippen molar-refractivity contribution in [3.63, 3.8) is 0 Å². The Balaban J connectivity index is 1.61. The monoisotopic (exact) mass is 275 g/mol. The maximum atomic E-state index is 12.2. The molecule has 1 heterocycles. The summed E-state index contributed by atoms with van der Waals surface area (Å²) >= 11 is 0. The van der Waals surface area contributed by atoms with Gasteiger partial charge in [-0.3, -0.25) is 9.69 Å². The van der Waals surface area contributed by atoms with Crippen molar-refractivity contribution >= 4 is 5.78 Å². The van der Waals surface area contributed by atoms with E-state index < -0.39 is 0 Å². The van der Waals surface area contributed by atoms with Crippen LogP contribution >= 0.6 is 0 Å². The Bertz CT molecular complexity index is 436. The van der Waals surface area contributed by atoms with E-state index in [-0.39, 0.29) is 5.92 Å². The number of carbonyl (C=O) groups is 1. The van der Waals surface area contributed by atoms with Gasteiger partial charge in [0, 0.05) is 24.9 Å². The summed E-state index contributed by atoms with van der Waals surface area (Å²) in [5.74, 6) is 2.51. The standard InChI is InChI=1S/C17H25NO2/c1-2-13-5-8-17(19)14(10-13)11-18(15-6-7-15)12-16-4-3-9-20-16/h3-4,9,13-15H,2,5-8,10-12H2,1H3. The normalized spacial score (nSPS) is 27.2. The molecule has 3 nitrogen and oxygen atoms in total. The van der Waals surface area contributed by atoms with Gasteiger partial charge in [0.2, 0.25) is 0 Å². The van der Waals surface area contributed by atoms with Gasteiger partial charge in [0.25, 0.3) is 0 Å². The van der Waals surface area contributed by atoms with Crippen LogP contribution in [-0.2, 0) is 11.3 Å². The molecule has 3 rings (SSSR count). The Hall–Kier alpha value is -1.09. The summed E-state index contributed by atoms with van der Waals surface area (Å²) in [5, 5.41) is 0. The molecule has 0 radical (unpaired) electrons. The van der Waals surface area contributed by atoms with Crippen molar-refractivity contribution in [2.24, 2.45) is 11.8 Å². The summed E-state index contributed by atoms with van der Waals surface area (Å²) in [5.41, 5.74) is 0. The molecule has 0 bridgehead atoms. The molecular weight excluding hydrogens is 250 g/mol. The lowest BCUT2D eigenvalue weighted by Crippen LogP contribution is -2.37. The average Bonchev–Trinajstić information content (AvgIpc) is 3.18. The van der Waals surface area contributed by atoms with E-state index >= 15 is 0 Å². The van der Waals surface area contributed by atoms with E-state index in [1.807, 2.05) is 12.1 Å². The Morgan fingerprint density at radius 2 is 2.20 bits per heavy atom. The van der Waals surface area contributed by atoms with Gasteiger partial charge in [-0.25, -0.2) is 0 Å². The minimum atomic E-state index is 0.254. The van der Waals surface area contributed by atoms with Crippen LogP contribution in [0.2, 0.25) is 0 Å². The predicted molar refractivity (Wildman–Crippen MR) is 78.3 cm³/mol. The second-order valence-corrected chi connectivity index (χ2v) is 6.45. The van der Waals surface area contributed by atoms with Crippen molar-refractivity contribution in [3.8, 4) is 0 Å². The minimum Gasteiger partial charge on any atom is -0.468 e. The van der Waals surface area contributed by atoms with E-state index in [0.29, 0.717) is 11.8 Å². The van der Waals surface area contributed by atoms with E-state index in [0.717, 1.165) is 44.0 Å². The Kier molecular flexibility index (Phi) is 4.25. The summed E-state index contributed by atoms with van der Waals surface area (Å²) in [4.78, 5) is 14.7. The van der Waals surface area contributed by atoms with Gasteiger partial charge in [0.15, 0.2) is 0 Å². The third kappa shape index (κ3) is 3.32. The molecule has 2 aliphatic rings. The highest BCUT2D eigenvalue weighted by molar-refractivity contribution is 5.82. The van der Waals surface area contributed by atoms with Gasteiger partial charge in [-0.2, -0.15) is 0 Å². The maximum Gasteiger partial charge on any atom is 0.137 e. The SMILES string of the molecule is CCC1CCC(=O)C(CN(Cc2ccco2)C2CC2)C1. The summed E-state index contributed by atoms with van der Waals surface area (Å²) in [7, 11) is 0. The van der Waals surface area contributed by atoms with Gasteiger partial charge in [-0.1, -0.05) is 13.3 Å². The predicted octanol–water partition coefficient (Wildman–Crippen LogP) is 3.64. The van der Waals surface area contributed by atoms with Crippen LogP contribution in [0.25, 0.3) is 0 Å². The molecule has 2 unspecified atom stereocenters. The van der Waals surface area contributed by atoms with Crippen molar-refractivity contribution < 1.29 is 9.21 Å². The molecule has 2 saturated carbocycles. The lowest BCUT2D eigenvalue weighted by molar-refractivity contribution is -0.126. The number of ketones is 1. The number of furan rings is 1. The number of nitrogens with zero attached hydrogens (tertiary/aromatic N) is 1. The second-order valence-electron chi connectivity index (χ2n) is 6.45. The third-order valence-electron chi connectivity index (χ3n) is 4.91. The molecule has 2 aliphatic carbocycles. The van der Waals surface area contributed by atoms with Crippen LogP contribution in [0.3, 0.4) is 0 Å². The molecule has 0 aliphatic heterocycles. The maximum absolute atomic E-state index is 12.2. The first-order valence-electron chi connectivity index (χ1n) is 8.05. The molecule has 1 aromatic heterocycles. The Morgan fingerprint density at radius 3 is 2.85 bits per heavy atom. The molecular formula is C17H25NO2. The molecule has 2 atom stereocenters. The molecule has 0 aromatic carbocycles. The Labute approximate surface area is 121 Å². The average molecular weight is 275 g/mol. The molecule has 0 amide bonds. The van der Waals surface area contributed by atoms with Crippen LogP contribution < -0.4 is 0 Å². The first kappa shape index (κ1) is 13.9. The highest BCUT2D eigenvalue weighted by atomic mass is 16.3. The molecule has 0 saturated heterocycles. The zero-order valence-corrected chi connectivity index (χ0v) is 12.4. The molecule has 0 N–H and O–H groups in total. The lowest BCUT2D eigenvalue weighted by atomic mass is 9.79. The molecule has 3 heteroatoms. The second kappa shape index (κ2) is 6.13. The van der Waals surface area contributed by atoms with Gasteiger partial charge in [0.1, 0.15) is 11.5 Å². The molecule has 0 spiro atoms. The zero-order chi connectivity index (χ0) is 13.9. The number of rotatable bonds is 6. The topological polar surface area (TPSA) is 33.5 Å². The van der Waals surface area contributed by atoms with Crippen LogP contribution in [0.15, 0.2) is 22.8 Å². The quantitative estimate of drug-likeness (QED) is 0.794. The number of carbonyl (C=O) groups excluding carboxylic acids is 1. The number of Topliss-reactive ketones (excluding diaryl/α,β-unsaturated/α-hetero) is 1. The minimum absolute atomic E-state index is 0.254. The van der Waals surface area contributed by atoms with Gasteiger partial charge in [0.05, 0.1) is 12.8 Å². The highest BCUT2D eigenvalue weighted by Crippen LogP contribution is 2.33. The van der Waals surface area contributed by atoms with E-state index in [4.69, 9.17) is 4.42 Å². The van der Waals surface area contributed by atoms with Crippen LogP contribution in [0.5, 0.6) is 0 Å². The van der Waals surface area contributed by atoms with Gasteiger partial charge >= 0.3 is 0 Å². The molecule has 20 heavy (non-hydrogen) atoms. The molecule has 2 fully saturated rings.